The third kappa shape index (κ3) is 2.74. The van der Waals surface area contributed by atoms with Crippen LogP contribution in [0.1, 0.15) is 11.1 Å². The van der Waals surface area contributed by atoms with Gasteiger partial charge in [0.1, 0.15) is 23.1 Å². The van der Waals surface area contributed by atoms with Gasteiger partial charge in [0.05, 0.1) is 12.7 Å². The van der Waals surface area contributed by atoms with Crippen molar-refractivity contribution >= 4 is 17.8 Å². The summed E-state index contributed by atoms with van der Waals surface area (Å²) in [4.78, 5) is 16.1. The molecule has 4 nitrogen and oxygen atoms in total. The molecular formula is C17H13FN2O2. The van der Waals surface area contributed by atoms with E-state index in [1.54, 1.807) is 43.5 Å². The van der Waals surface area contributed by atoms with Crippen LogP contribution in [0.5, 0.6) is 5.75 Å². The minimum absolute atomic E-state index is 0.225. The number of methoxy groups -OCH3 is 1. The zero-order valence-corrected chi connectivity index (χ0v) is 11.8. The van der Waals surface area contributed by atoms with Crippen molar-refractivity contribution in [1.82, 2.24) is 5.32 Å². The highest BCUT2D eigenvalue weighted by atomic mass is 19.1. The number of benzene rings is 2. The second-order valence-corrected chi connectivity index (χ2v) is 4.70. The number of nitrogens with zero attached hydrogens (tertiary/aromatic N) is 1. The molecule has 1 heterocycles. The van der Waals surface area contributed by atoms with Gasteiger partial charge in [0, 0.05) is 0 Å². The average Bonchev–Trinajstić information content (AvgIpc) is 2.89. The number of halogens is 1. The summed E-state index contributed by atoms with van der Waals surface area (Å²) in [6, 6.07) is 13.4. The van der Waals surface area contributed by atoms with Crippen LogP contribution < -0.4 is 10.1 Å². The fraction of sp³-hybridized carbons (Fsp3) is 0.0588. The van der Waals surface area contributed by atoms with Gasteiger partial charge in [-0.05, 0) is 35.9 Å². The van der Waals surface area contributed by atoms with E-state index in [0.717, 1.165) is 11.3 Å². The predicted octanol–water partition coefficient (Wildman–Crippen LogP) is 2.75. The number of nitrogens with one attached hydrogen (secondary N) is 1. The standard InChI is InChI=1S/C17H13FN2O2/c1-22-12-8-6-11(7-9-12)10-15-17(21)20-16(19-15)13-4-2-3-5-14(13)18/h2-10H,1H3,(H,19,20,21)/b15-10+. The number of hydrogen-bond acceptors (Lipinski definition) is 3. The van der Waals surface area contributed by atoms with Gasteiger partial charge in [-0.3, -0.25) is 4.79 Å². The predicted molar refractivity (Wildman–Crippen MR) is 82.1 cm³/mol. The van der Waals surface area contributed by atoms with E-state index in [2.05, 4.69) is 10.3 Å². The van der Waals surface area contributed by atoms with Crippen molar-refractivity contribution < 1.29 is 13.9 Å². The number of carbonyl (C=O) groups excluding carboxylic acids is 1. The second kappa shape index (κ2) is 5.81. The van der Waals surface area contributed by atoms with Crippen LogP contribution in [0, 0.1) is 5.82 Å². The van der Waals surface area contributed by atoms with Gasteiger partial charge in [-0.1, -0.05) is 24.3 Å². The molecule has 0 bridgehead atoms. The van der Waals surface area contributed by atoms with Gasteiger partial charge in [0.25, 0.3) is 5.91 Å². The molecule has 110 valence electrons. The van der Waals surface area contributed by atoms with Gasteiger partial charge in [-0.2, -0.15) is 0 Å². The lowest BCUT2D eigenvalue weighted by Gasteiger charge is -2.00. The lowest BCUT2D eigenvalue weighted by Crippen LogP contribution is -2.25. The highest BCUT2D eigenvalue weighted by Gasteiger charge is 2.22. The van der Waals surface area contributed by atoms with Crippen LogP contribution in [0.2, 0.25) is 0 Å². The van der Waals surface area contributed by atoms with Crippen molar-refractivity contribution in [1.29, 1.82) is 0 Å². The van der Waals surface area contributed by atoms with Crippen molar-refractivity contribution in [2.75, 3.05) is 7.11 Å². The van der Waals surface area contributed by atoms with E-state index in [9.17, 15) is 9.18 Å². The van der Waals surface area contributed by atoms with Crippen LogP contribution >= 0.6 is 0 Å². The molecule has 2 aromatic rings. The Morgan fingerprint density at radius 3 is 2.55 bits per heavy atom. The first-order chi connectivity index (χ1) is 10.7. The second-order valence-electron chi connectivity index (χ2n) is 4.70. The molecule has 5 heteroatoms. The lowest BCUT2D eigenvalue weighted by molar-refractivity contribution is -0.115. The van der Waals surface area contributed by atoms with E-state index >= 15 is 0 Å². The summed E-state index contributed by atoms with van der Waals surface area (Å²) >= 11 is 0. The Morgan fingerprint density at radius 1 is 1.14 bits per heavy atom. The molecule has 22 heavy (non-hydrogen) atoms. The highest BCUT2D eigenvalue weighted by molar-refractivity contribution is 6.19. The first-order valence-electron chi connectivity index (χ1n) is 6.68. The first kappa shape index (κ1) is 14.0. The Morgan fingerprint density at radius 2 is 1.86 bits per heavy atom. The van der Waals surface area contributed by atoms with Crippen molar-refractivity contribution in [3.05, 3.63) is 71.2 Å². The summed E-state index contributed by atoms with van der Waals surface area (Å²) < 4.78 is 18.8. The zero-order valence-electron chi connectivity index (χ0n) is 11.8. The molecule has 2 aromatic carbocycles. The monoisotopic (exact) mass is 296 g/mol. The quantitative estimate of drug-likeness (QED) is 0.885. The molecule has 1 aliphatic rings. The van der Waals surface area contributed by atoms with Crippen molar-refractivity contribution in [3.63, 3.8) is 0 Å². The fourth-order valence-corrected chi connectivity index (χ4v) is 2.11. The third-order valence-corrected chi connectivity index (χ3v) is 3.24. The Hall–Kier alpha value is -2.95. The highest BCUT2D eigenvalue weighted by Crippen LogP contribution is 2.18. The van der Waals surface area contributed by atoms with E-state index in [4.69, 9.17) is 4.74 Å². The molecule has 0 spiro atoms. The number of hydrogen-bond donors (Lipinski definition) is 1. The topological polar surface area (TPSA) is 50.7 Å². The summed E-state index contributed by atoms with van der Waals surface area (Å²) in [5.74, 6) is 0.178. The maximum atomic E-state index is 13.7. The number of amides is 1. The molecule has 1 N–H and O–H groups in total. The molecule has 3 rings (SSSR count). The largest absolute Gasteiger partial charge is 0.497 e. The summed E-state index contributed by atoms with van der Waals surface area (Å²) in [5.41, 5.74) is 1.32. The normalized spacial score (nSPS) is 15.6. The van der Waals surface area contributed by atoms with Crippen molar-refractivity contribution in [2.45, 2.75) is 0 Å². The van der Waals surface area contributed by atoms with E-state index in [-0.39, 0.29) is 23.0 Å². The molecule has 0 aromatic heterocycles. The number of rotatable bonds is 3. The third-order valence-electron chi connectivity index (χ3n) is 3.24. The SMILES string of the molecule is COc1ccc(/C=C2/N=C(c3ccccc3F)NC2=O)cc1. The molecule has 0 aliphatic carbocycles. The first-order valence-corrected chi connectivity index (χ1v) is 6.68. The van der Waals surface area contributed by atoms with Gasteiger partial charge >= 0.3 is 0 Å². The Balaban J connectivity index is 1.92. The van der Waals surface area contributed by atoms with Gasteiger partial charge in [-0.15, -0.1) is 0 Å². The molecule has 0 atom stereocenters. The van der Waals surface area contributed by atoms with Gasteiger partial charge in [-0.25, -0.2) is 9.38 Å². The molecule has 0 radical (unpaired) electrons. The number of aliphatic imine (C=N–C) groups is 1. The molecule has 1 aliphatic heterocycles. The van der Waals surface area contributed by atoms with Gasteiger partial charge < -0.3 is 10.1 Å². The lowest BCUT2D eigenvalue weighted by atomic mass is 10.2. The average molecular weight is 296 g/mol. The molecule has 0 saturated carbocycles. The minimum atomic E-state index is -0.424. The number of carbonyl (C=O) groups is 1. The smallest absolute Gasteiger partial charge is 0.275 e. The zero-order chi connectivity index (χ0) is 15.5. The van der Waals surface area contributed by atoms with Crippen LogP contribution in [0.3, 0.4) is 0 Å². The molecule has 0 fully saturated rings. The summed E-state index contributed by atoms with van der Waals surface area (Å²) in [6.07, 6.45) is 1.64. The van der Waals surface area contributed by atoms with Gasteiger partial charge in [0.15, 0.2) is 0 Å². The number of ether oxygens (including phenoxy) is 1. The fourth-order valence-electron chi connectivity index (χ4n) is 2.11. The molecule has 1 amide bonds. The van der Waals surface area contributed by atoms with E-state index in [1.165, 1.54) is 6.07 Å². The van der Waals surface area contributed by atoms with Crippen LogP contribution in [-0.4, -0.2) is 18.9 Å². The summed E-state index contributed by atoms with van der Waals surface area (Å²) in [6.45, 7) is 0. The molecule has 0 unspecified atom stereocenters. The Labute approximate surface area is 127 Å². The van der Waals surface area contributed by atoms with Crippen LogP contribution in [0.25, 0.3) is 6.08 Å². The molecule has 0 saturated heterocycles. The maximum absolute atomic E-state index is 13.7. The van der Waals surface area contributed by atoms with Crippen LogP contribution in [-0.2, 0) is 4.79 Å². The van der Waals surface area contributed by atoms with Crippen LogP contribution in [0.4, 0.5) is 4.39 Å². The summed E-state index contributed by atoms with van der Waals surface area (Å²) in [5, 5.41) is 2.58. The summed E-state index contributed by atoms with van der Waals surface area (Å²) in [7, 11) is 1.59. The maximum Gasteiger partial charge on any atom is 0.275 e. The van der Waals surface area contributed by atoms with E-state index < -0.39 is 5.82 Å². The van der Waals surface area contributed by atoms with E-state index in [0.29, 0.717) is 0 Å². The molecular weight excluding hydrogens is 283 g/mol. The Bertz CT molecular complexity index is 780. The van der Waals surface area contributed by atoms with Crippen molar-refractivity contribution in [2.24, 2.45) is 4.99 Å². The number of amidine groups is 1. The van der Waals surface area contributed by atoms with Gasteiger partial charge in [0.2, 0.25) is 0 Å². The Kier molecular flexibility index (Phi) is 3.70. The minimum Gasteiger partial charge on any atom is -0.497 e. The van der Waals surface area contributed by atoms with Crippen LogP contribution in [0.15, 0.2) is 59.2 Å². The van der Waals surface area contributed by atoms with Crippen molar-refractivity contribution in [3.8, 4) is 5.75 Å². The van der Waals surface area contributed by atoms with E-state index in [1.807, 2.05) is 12.1 Å².